The summed E-state index contributed by atoms with van der Waals surface area (Å²) < 4.78 is 27.0. The maximum absolute atomic E-state index is 12.7. The van der Waals surface area contributed by atoms with Crippen molar-refractivity contribution in [3.8, 4) is 0 Å². The molecule has 0 amide bonds. The van der Waals surface area contributed by atoms with E-state index in [1.165, 1.54) is 16.4 Å². The smallest absolute Gasteiger partial charge is 0.345 e. The van der Waals surface area contributed by atoms with Gasteiger partial charge in [-0.15, -0.1) is 11.3 Å². The number of hydrogen-bond donors (Lipinski definition) is 1. The van der Waals surface area contributed by atoms with Crippen LogP contribution >= 0.6 is 11.3 Å². The Balaban J connectivity index is 1.86. The number of thiophene rings is 1. The lowest BCUT2D eigenvalue weighted by molar-refractivity contribution is 0.0702. The molecule has 2 atom stereocenters. The fourth-order valence-electron chi connectivity index (χ4n) is 3.20. The minimum Gasteiger partial charge on any atom is -0.477 e. The van der Waals surface area contributed by atoms with Crippen LogP contribution in [-0.4, -0.2) is 60.9 Å². The van der Waals surface area contributed by atoms with E-state index in [0.29, 0.717) is 19.1 Å². The molecule has 2 saturated heterocycles. The van der Waals surface area contributed by atoms with Gasteiger partial charge in [-0.2, -0.15) is 4.31 Å². The highest BCUT2D eigenvalue weighted by Gasteiger charge is 2.39. The zero-order valence-electron chi connectivity index (χ0n) is 11.7. The van der Waals surface area contributed by atoms with Crippen LogP contribution in [0.15, 0.2) is 16.3 Å². The Labute approximate surface area is 128 Å². The fraction of sp³-hybridized carbons (Fsp3) is 0.615. The molecule has 0 radical (unpaired) electrons. The molecule has 8 heteroatoms. The van der Waals surface area contributed by atoms with Crippen molar-refractivity contribution in [2.24, 2.45) is 0 Å². The monoisotopic (exact) mass is 330 g/mol. The van der Waals surface area contributed by atoms with Crippen LogP contribution in [-0.2, 0) is 10.0 Å². The molecule has 0 aliphatic carbocycles. The zero-order valence-corrected chi connectivity index (χ0v) is 13.4. The Morgan fingerprint density at radius 3 is 2.67 bits per heavy atom. The maximum atomic E-state index is 12.7. The molecule has 116 valence electrons. The fourth-order valence-corrected chi connectivity index (χ4v) is 5.99. The summed E-state index contributed by atoms with van der Waals surface area (Å²) in [7, 11) is -1.52. The molecule has 3 heterocycles. The van der Waals surface area contributed by atoms with Gasteiger partial charge in [0.2, 0.25) is 0 Å². The molecular formula is C13H18N2O4S2. The predicted octanol–water partition coefficient (Wildman–Crippen LogP) is 1.30. The van der Waals surface area contributed by atoms with Gasteiger partial charge < -0.3 is 5.11 Å². The van der Waals surface area contributed by atoms with Crippen molar-refractivity contribution in [2.75, 3.05) is 20.1 Å². The first-order chi connectivity index (χ1) is 9.89. The second kappa shape index (κ2) is 5.35. The van der Waals surface area contributed by atoms with Crippen LogP contribution in [0.25, 0.3) is 0 Å². The first kappa shape index (κ1) is 15.0. The van der Waals surface area contributed by atoms with Gasteiger partial charge in [-0.3, -0.25) is 4.90 Å². The third kappa shape index (κ3) is 2.61. The highest BCUT2D eigenvalue weighted by molar-refractivity contribution is 7.91. The molecule has 2 bridgehead atoms. The summed E-state index contributed by atoms with van der Waals surface area (Å²) in [6.45, 7) is 1.00. The number of aromatic carboxylic acids is 1. The Bertz CT molecular complexity index is 655. The number of carbonyl (C=O) groups is 1. The molecule has 0 saturated carbocycles. The van der Waals surface area contributed by atoms with Crippen molar-refractivity contribution in [2.45, 2.75) is 35.6 Å². The number of carboxylic acid groups (broad SMARTS) is 1. The number of nitrogens with zero attached hydrogens (tertiary/aromatic N) is 2. The number of hydrogen-bond acceptors (Lipinski definition) is 5. The van der Waals surface area contributed by atoms with Crippen LogP contribution in [0.2, 0.25) is 0 Å². The second-order valence-electron chi connectivity index (χ2n) is 5.63. The van der Waals surface area contributed by atoms with E-state index in [0.717, 1.165) is 30.6 Å². The van der Waals surface area contributed by atoms with E-state index in [9.17, 15) is 13.2 Å². The summed E-state index contributed by atoms with van der Waals surface area (Å²) in [6, 6.07) is 3.49. The van der Waals surface area contributed by atoms with Crippen molar-refractivity contribution < 1.29 is 18.3 Å². The average Bonchev–Trinajstić information content (AvgIpc) is 2.96. The van der Waals surface area contributed by atoms with Crippen LogP contribution in [0.4, 0.5) is 0 Å². The number of rotatable bonds is 3. The lowest BCUT2D eigenvalue weighted by Gasteiger charge is -2.24. The van der Waals surface area contributed by atoms with Gasteiger partial charge >= 0.3 is 5.97 Å². The Morgan fingerprint density at radius 2 is 2.00 bits per heavy atom. The molecule has 3 rings (SSSR count). The molecule has 1 N–H and O–H groups in total. The summed E-state index contributed by atoms with van der Waals surface area (Å²) in [5.41, 5.74) is 0. The minimum atomic E-state index is -3.58. The number of fused-ring (bicyclic) bond motifs is 2. The zero-order chi connectivity index (χ0) is 15.2. The quantitative estimate of drug-likeness (QED) is 0.904. The average molecular weight is 330 g/mol. The number of sulfonamides is 1. The summed E-state index contributed by atoms with van der Waals surface area (Å²) >= 11 is 0.826. The third-order valence-corrected chi connectivity index (χ3v) is 7.90. The topological polar surface area (TPSA) is 77.9 Å². The summed E-state index contributed by atoms with van der Waals surface area (Å²) in [6.07, 6.45) is 3.00. The summed E-state index contributed by atoms with van der Waals surface area (Å²) in [5, 5.41) is 8.94. The van der Waals surface area contributed by atoms with E-state index in [1.807, 2.05) is 0 Å². The molecule has 2 fully saturated rings. The van der Waals surface area contributed by atoms with E-state index in [1.54, 1.807) is 0 Å². The van der Waals surface area contributed by atoms with E-state index in [4.69, 9.17) is 5.11 Å². The van der Waals surface area contributed by atoms with Gasteiger partial charge in [0, 0.05) is 25.2 Å². The van der Waals surface area contributed by atoms with E-state index in [2.05, 4.69) is 11.9 Å². The number of carboxylic acids is 1. The van der Waals surface area contributed by atoms with Gasteiger partial charge in [0.25, 0.3) is 10.0 Å². The van der Waals surface area contributed by atoms with Crippen LogP contribution in [0, 0.1) is 0 Å². The van der Waals surface area contributed by atoms with E-state index in [-0.39, 0.29) is 15.1 Å². The second-order valence-corrected chi connectivity index (χ2v) is 8.87. The largest absolute Gasteiger partial charge is 0.477 e. The standard InChI is InChI=1S/C13H18N2O4S2/c1-14-9-2-3-10(14)8-15(7-6-9)21(18,19)12-5-4-11(20-12)13(16)17/h4-5,9-10H,2-3,6-8H2,1H3,(H,16,17). The predicted molar refractivity (Wildman–Crippen MR) is 79.2 cm³/mol. The van der Waals surface area contributed by atoms with Crippen molar-refractivity contribution in [3.63, 3.8) is 0 Å². The first-order valence-electron chi connectivity index (χ1n) is 6.95. The molecule has 1 aromatic heterocycles. The lowest BCUT2D eigenvalue weighted by Crippen LogP contribution is -2.39. The Morgan fingerprint density at radius 1 is 1.29 bits per heavy atom. The molecule has 0 aromatic carbocycles. The van der Waals surface area contributed by atoms with Gasteiger partial charge in [0.05, 0.1) is 0 Å². The molecule has 2 aliphatic heterocycles. The normalized spacial score (nSPS) is 27.7. The first-order valence-corrected chi connectivity index (χ1v) is 9.20. The highest BCUT2D eigenvalue weighted by Crippen LogP contribution is 2.32. The summed E-state index contributed by atoms with van der Waals surface area (Å²) in [4.78, 5) is 13.3. The maximum Gasteiger partial charge on any atom is 0.345 e. The van der Waals surface area contributed by atoms with Crippen LogP contribution in [0.5, 0.6) is 0 Å². The molecule has 0 spiro atoms. The number of likely N-dealkylation sites (N-methyl/N-ethyl adjacent to an activating group) is 1. The molecule has 1 aromatic rings. The van der Waals surface area contributed by atoms with Crippen LogP contribution in [0.1, 0.15) is 28.9 Å². The third-order valence-electron chi connectivity index (χ3n) is 4.50. The molecule has 2 unspecified atom stereocenters. The molecular weight excluding hydrogens is 312 g/mol. The Kier molecular flexibility index (Phi) is 3.81. The highest BCUT2D eigenvalue weighted by atomic mass is 32.2. The van der Waals surface area contributed by atoms with Crippen molar-refractivity contribution in [1.82, 2.24) is 9.21 Å². The van der Waals surface area contributed by atoms with Crippen LogP contribution < -0.4 is 0 Å². The van der Waals surface area contributed by atoms with Gasteiger partial charge in [0.15, 0.2) is 0 Å². The molecule has 2 aliphatic rings. The minimum absolute atomic E-state index is 0.0574. The Hall–Kier alpha value is -0.960. The van der Waals surface area contributed by atoms with E-state index < -0.39 is 16.0 Å². The van der Waals surface area contributed by atoms with Gasteiger partial charge in [-0.1, -0.05) is 0 Å². The van der Waals surface area contributed by atoms with Crippen LogP contribution in [0.3, 0.4) is 0 Å². The van der Waals surface area contributed by atoms with Crippen molar-refractivity contribution in [1.29, 1.82) is 0 Å². The molecule has 21 heavy (non-hydrogen) atoms. The molecule has 6 nitrogen and oxygen atoms in total. The van der Waals surface area contributed by atoms with Crippen molar-refractivity contribution >= 4 is 27.3 Å². The van der Waals surface area contributed by atoms with Gasteiger partial charge in [0.1, 0.15) is 9.09 Å². The van der Waals surface area contributed by atoms with Gasteiger partial charge in [-0.05, 0) is 38.4 Å². The SMILES string of the molecule is CN1C2CCC1CN(S(=O)(=O)c1ccc(C(=O)O)s1)CC2. The van der Waals surface area contributed by atoms with Gasteiger partial charge in [-0.25, -0.2) is 13.2 Å². The van der Waals surface area contributed by atoms with E-state index >= 15 is 0 Å². The summed E-state index contributed by atoms with van der Waals surface area (Å²) in [5.74, 6) is -1.09. The lowest BCUT2D eigenvalue weighted by atomic mass is 10.1. The van der Waals surface area contributed by atoms with Crippen molar-refractivity contribution in [3.05, 3.63) is 17.0 Å².